The van der Waals surface area contributed by atoms with E-state index in [0.29, 0.717) is 0 Å². The van der Waals surface area contributed by atoms with Crippen molar-refractivity contribution in [1.82, 2.24) is 14.4 Å². The number of pyridine rings is 2. The van der Waals surface area contributed by atoms with Gasteiger partial charge < -0.3 is 5.32 Å². The average molecular weight is 380 g/mol. The number of anilines is 1. The molecule has 4 aromatic rings. The normalized spacial score (nSPS) is 11.2. The van der Waals surface area contributed by atoms with E-state index >= 15 is 0 Å². The number of aromatic nitrogens is 3. The van der Waals surface area contributed by atoms with Crippen molar-refractivity contribution < 1.29 is 0 Å². The lowest BCUT2D eigenvalue weighted by atomic mass is 10.1. The highest BCUT2D eigenvalue weighted by molar-refractivity contribution is 5.78. The summed E-state index contributed by atoms with van der Waals surface area (Å²) >= 11 is 0. The van der Waals surface area contributed by atoms with Crippen LogP contribution in [0.25, 0.3) is 16.9 Å². The standard InChI is InChI=1S/C25H24N4/c1-18-13-15-29-22(16-18)27-23(24(29)28-25(2,3)4)20-9-7-8-19(17-20)11-12-21-10-5-6-14-26-21/h5-10,13-17,28H,1-4H3. The fourth-order valence-corrected chi connectivity index (χ4v) is 3.14. The minimum atomic E-state index is -0.0913. The minimum Gasteiger partial charge on any atom is -0.365 e. The molecule has 3 aromatic heterocycles. The van der Waals surface area contributed by atoms with Crippen molar-refractivity contribution in [3.8, 4) is 23.1 Å². The Balaban J connectivity index is 1.80. The van der Waals surface area contributed by atoms with Crippen LogP contribution < -0.4 is 5.32 Å². The third-order valence-corrected chi connectivity index (χ3v) is 4.41. The second-order valence-corrected chi connectivity index (χ2v) is 8.16. The van der Waals surface area contributed by atoms with Crippen molar-refractivity contribution in [3.05, 3.63) is 83.8 Å². The predicted molar refractivity (Wildman–Crippen MR) is 119 cm³/mol. The molecule has 1 N–H and O–H groups in total. The lowest BCUT2D eigenvalue weighted by molar-refractivity contribution is 0.629. The molecule has 0 unspecified atom stereocenters. The average Bonchev–Trinajstić information content (AvgIpc) is 3.03. The van der Waals surface area contributed by atoms with Crippen LogP contribution in [0, 0.1) is 18.8 Å². The van der Waals surface area contributed by atoms with Crippen molar-refractivity contribution >= 4 is 11.5 Å². The van der Waals surface area contributed by atoms with Crippen LogP contribution in [0.3, 0.4) is 0 Å². The molecule has 0 amide bonds. The van der Waals surface area contributed by atoms with E-state index in [1.54, 1.807) is 6.20 Å². The quantitative estimate of drug-likeness (QED) is 0.479. The van der Waals surface area contributed by atoms with Gasteiger partial charge in [-0.25, -0.2) is 9.97 Å². The van der Waals surface area contributed by atoms with Crippen molar-refractivity contribution in [2.75, 3.05) is 5.32 Å². The summed E-state index contributed by atoms with van der Waals surface area (Å²) in [5.74, 6) is 7.33. The maximum Gasteiger partial charge on any atom is 0.139 e. The van der Waals surface area contributed by atoms with Gasteiger partial charge in [-0.1, -0.05) is 24.1 Å². The molecule has 4 heteroatoms. The summed E-state index contributed by atoms with van der Waals surface area (Å²) in [7, 11) is 0. The fraction of sp³-hybridized carbons (Fsp3) is 0.200. The summed E-state index contributed by atoms with van der Waals surface area (Å²) in [4.78, 5) is 9.19. The summed E-state index contributed by atoms with van der Waals surface area (Å²) < 4.78 is 2.11. The van der Waals surface area contributed by atoms with Crippen molar-refractivity contribution in [3.63, 3.8) is 0 Å². The first-order valence-electron chi connectivity index (χ1n) is 9.69. The van der Waals surface area contributed by atoms with Gasteiger partial charge in [0.25, 0.3) is 0 Å². The van der Waals surface area contributed by atoms with Gasteiger partial charge >= 0.3 is 0 Å². The Morgan fingerprint density at radius 3 is 2.59 bits per heavy atom. The molecular weight excluding hydrogens is 356 g/mol. The number of benzene rings is 1. The highest BCUT2D eigenvalue weighted by Gasteiger charge is 2.19. The molecule has 3 heterocycles. The number of aryl methyl sites for hydroxylation is 1. The summed E-state index contributed by atoms with van der Waals surface area (Å²) in [6.45, 7) is 8.54. The Kier molecular flexibility index (Phi) is 4.82. The summed E-state index contributed by atoms with van der Waals surface area (Å²) in [6, 6.07) is 18.1. The topological polar surface area (TPSA) is 42.2 Å². The molecule has 0 saturated heterocycles. The molecule has 29 heavy (non-hydrogen) atoms. The SMILES string of the molecule is Cc1ccn2c(NC(C)(C)C)c(-c3cccc(C#Cc4ccccn4)c3)nc2c1. The molecular formula is C25H24N4. The second-order valence-electron chi connectivity index (χ2n) is 8.16. The van der Waals surface area contributed by atoms with Gasteiger partial charge in [0, 0.05) is 29.1 Å². The zero-order chi connectivity index (χ0) is 20.4. The molecule has 0 bridgehead atoms. The van der Waals surface area contributed by atoms with Gasteiger partial charge in [0.05, 0.1) is 0 Å². The Hall–Kier alpha value is -3.58. The van der Waals surface area contributed by atoms with E-state index in [9.17, 15) is 0 Å². The van der Waals surface area contributed by atoms with E-state index in [1.807, 2.05) is 30.3 Å². The van der Waals surface area contributed by atoms with Gasteiger partial charge in [-0.05, 0) is 75.6 Å². The molecule has 4 rings (SSSR count). The van der Waals surface area contributed by atoms with E-state index in [2.05, 4.69) is 84.7 Å². The van der Waals surface area contributed by atoms with E-state index in [0.717, 1.165) is 34.0 Å². The number of nitrogens with one attached hydrogen (secondary N) is 1. The molecule has 0 aliphatic rings. The van der Waals surface area contributed by atoms with Crippen LogP contribution in [0.2, 0.25) is 0 Å². The van der Waals surface area contributed by atoms with E-state index in [4.69, 9.17) is 4.98 Å². The minimum absolute atomic E-state index is 0.0913. The molecule has 0 aliphatic carbocycles. The zero-order valence-electron chi connectivity index (χ0n) is 17.2. The van der Waals surface area contributed by atoms with Crippen LogP contribution in [0.1, 0.15) is 37.6 Å². The van der Waals surface area contributed by atoms with Crippen molar-refractivity contribution in [2.24, 2.45) is 0 Å². The fourth-order valence-electron chi connectivity index (χ4n) is 3.14. The third kappa shape index (κ3) is 4.30. The number of hydrogen-bond donors (Lipinski definition) is 1. The van der Waals surface area contributed by atoms with Crippen LogP contribution in [-0.4, -0.2) is 19.9 Å². The summed E-state index contributed by atoms with van der Waals surface area (Å²) in [5.41, 5.74) is 5.67. The van der Waals surface area contributed by atoms with Crippen LogP contribution >= 0.6 is 0 Å². The van der Waals surface area contributed by atoms with Crippen LogP contribution in [0.4, 0.5) is 5.82 Å². The summed E-state index contributed by atoms with van der Waals surface area (Å²) in [5, 5.41) is 3.62. The van der Waals surface area contributed by atoms with Gasteiger partial charge in [0.2, 0.25) is 0 Å². The van der Waals surface area contributed by atoms with Gasteiger partial charge in [-0.15, -0.1) is 0 Å². The molecule has 0 atom stereocenters. The number of hydrogen-bond acceptors (Lipinski definition) is 3. The Morgan fingerprint density at radius 1 is 0.966 bits per heavy atom. The van der Waals surface area contributed by atoms with Crippen molar-refractivity contribution in [2.45, 2.75) is 33.2 Å². The van der Waals surface area contributed by atoms with Gasteiger partial charge in [0.15, 0.2) is 0 Å². The predicted octanol–water partition coefficient (Wildman–Crippen LogP) is 5.31. The number of imidazole rings is 1. The molecule has 0 spiro atoms. The lowest BCUT2D eigenvalue weighted by Gasteiger charge is -2.22. The smallest absolute Gasteiger partial charge is 0.139 e. The molecule has 0 radical (unpaired) electrons. The summed E-state index contributed by atoms with van der Waals surface area (Å²) in [6.07, 6.45) is 3.82. The van der Waals surface area contributed by atoms with Crippen LogP contribution in [0.5, 0.6) is 0 Å². The lowest BCUT2D eigenvalue weighted by Crippen LogP contribution is -2.27. The monoisotopic (exact) mass is 380 g/mol. The second kappa shape index (κ2) is 7.44. The highest BCUT2D eigenvalue weighted by Crippen LogP contribution is 2.31. The van der Waals surface area contributed by atoms with Crippen molar-refractivity contribution in [1.29, 1.82) is 0 Å². The largest absolute Gasteiger partial charge is 0.365 e. The van der Waals surface area contributed by atoms with Gasteiger partial charge in [-0.3, -0.25) is 4.40 Å². The Morgan fingerprint density at radius 2 is 1.83 bits per heavy atom. The number of fused-ring (bicyclic) bond motifs is 1. The van der Waals surface area contributed by atoms with Crippen LogP contribution in [0.15, 0.2) is 67.0 Å². The Labute approximate surface area is 171 Å². The molecule has 0 saturated carbocycles. The molecule has 4 nitrogen and oxygen atoms in total. The molecule has 0 fully saturated rings. The first-order chi connectivity index (χ1) is 13.9. The third-order valence-electron chi connectivity index (χ3n) is 4.41. The highest BCUT2D eigenvalue weighted by atomic mass is 15.2. The van der Waals surface area contributed by atoms with E-state index in [1.165, 1.54) is 5.56 Å². The maximum absolute atomic E-state index is 4.93. The Bertz CT molecular complexity index is 1220. The number of nitrogens with zero attached hydrogens (tertiary/aromatic N) is 3. The van der Waals surface area contributed by atoms with Crippen LogP contribution in [-0.2, 0) is 0 Å². The zero-order valence-corrected chi connectivity index (χ0v) is 17.2. The maximum atomic E-state index is 4.93. The first kappa shape index (κ1) is 18.8. The molecule has 144 valence electrons. The molecule has 1 aromatic carbocycles. The van der Waals surface area contributed by atoms with E-state index in [-0.39, 0.29) is 5.54 Å². The number of rotatable bonds is 2. The first-order valence-corrected chi connectivity index (χ1v) is 9.69. The van der Waals surface area contributed by atoms with E-state index < -0.39 is 0 Å². The van der Waals surface area contributed by atoms with Gasteiger partial charge in [0.1, 0.15) is 22.9 Å². The molecule has 0 aliphatic heterocycles. The van der Waals surface area contributed by atoms with Gasteiger partial charge in [-0.2, -0.15) is 0 Å².